The van der Waals surface area contributed by atoms with E-state index in [9.17, 15) is 15.0 Å². The van der Waals surface area contributed by atoms with Gasteiger partial charge in [0.1, 0.15) is 11.5 Å². The van der Waals surface area contributed by atoms with Crippen molar-refractivity contribution in [1.29, 1.82) is 0 Å². The van der Waals surface area contributed by atoms with Gasteiger partial charge in [-0.05, 0) is 66.8 Å². The number of aromatic hydroxyl groups is 2. The van der Waals surface area contributed by atoms with Crippen molar-refractivity contribution in [2.24, 2.45) is 0 Å². The molecule has 3 nitrogen and oxygen atoms in total. The third-order valence-corrected chi connectivity index (χ3v) is 3.90. The van der Waals surface area contributed by atoms with Crippen LogP contribution in [0.15, 0.2) is 59.7 Å². The average Bonchev–Trinajstić information content (AvgIpc) is 2.51. The molecule has 0 heterocycles. The number of rotatable bonds is 2. The number of hydrogen-bond acceptors (Lipinski definition) is 3. The van der Waals surface area contributed by atoms with Gasteiger partial charge in [0.2, 0.25) is 0 Å². The van der Waals surface area contributed by atoms with Crippen molar-refractivity contribution in [2.75, 3.05) is 0 Å². The lowest BCUT2D eigenvalue weighted by molar-refractivity contribution is -0.112. The lowest BCUT2D eigenvalue weighted by Gasteiger charge is -2.16. The molecule has 3 rings (SSSR count). The van der Waals surface area contributed by atoms with Gasteiger partial charge in [-0.2, -0.15) is 0 Å². The first-order valence-electron chi connectivity index (χ1n) is 7.66. The Labute approximate surface area is 135 Å². The number of carbonyl (C=O) groups excluding carboxylic acids is 1. The van der Waals surface area contributed by atoms with Gasteiger partial charge in [-0.1, -0.05) is 24.3 Å². The first-order valence-corrected chi connectivity index (χ1v) is 7.66. The van der Waals surface area contributed by atoms with E-state index in [1.165, 1.54) is 0 Å². The number of allylic oxidation sites excluding steroid dienone is 2. The zero-order chi connectivity index (χ0) is 16.2. The van der Waals surface area contributed by atoms with Gasteiger partial charge in [-0.15, -0.1) is 0 Å². The predicted molar refractivity (Wildman–Crippen MR) is 91.0 cm³/mol. The Balaban J connectivity index is 1.89. The van der Waals surface area contributed by atoms with Crippen LogP contribution in [0.25, 0.3) is 12.2 Å². The summed E-state index contributed by atoms with van der Waals surface area (Å²) in [6.07, 6.45) is 6.09. The van der Waals surface area contributed by atoms with Gasteiger partial charge in [0, 0.05) is 11.1 Å². The van der Waals surface area contributed by atoms with Crippen LogP contribution in [0.3, 0.4) is 0 Å². The smallest absolute Gasteiger partial charge is 0.185 e. The summed E-state index contributed by atoms with van der Waals surface area (Å²) in [5.74, 6) is 0.430. The van der Waals surface area contributed by atoms with Gasteiger partial charge in [0.25, 0.3) is 0 Å². The molecule has 1 saturated carbocycles. The summed E-state index contributed by atoms with van der Waals surface area (Å²) in [6, 6.07) is 13.8. The largest absolute Gasteiger partial charge is 0.508 e. The van der Waals surface area contributed by atoms with Crippen LogP contribution in [0.1, 0.15) is 30.4 Å². The second-order valence-corrected chi connectivity index (χ2v) is 5.71. The van der Waals surface area contributed by atoms with Gasteiger partial charge >= 0.3 is 0 Å². The molecule has 0 amide bonds. The van der Waals surface area contributed by atoms with Crippen molar-refractivity contribution in [2.45, 2.75) is 19.3 Å². The lowest BCUT2D eigenvalue weighted by atomic mass is 9.87. The highest BCUT2D eigenvalue weighted by Gasteiger charge is 2.20. The number of carbonyl (C=O) groups is 1. The van der Waals surface area contributed by atoms with Crippen molar-refractivity contribution < 1.29 is 15.0 Å². The fraction of sp³-hybridized carbons (Fsp3) is 0.150. The Hall–Kier alpha value is -2.81. The highest BCUT2D eigenvalue weighted by atomic mass is 16.3. The Morgan fingerprint density at radius 3 is 1.70 bits per heavy atom. The molecule has 0 atom stereocenters. The summed E-state index contributed by atoms with van der Waals surface area (Å²) in [5.41, 5.74) is 3.17. The van der Waals surface area contributed by atoms with Crippen LogP contribution in [-0.2, 0) is 4.79 Å². The lowest BCUT2D eigenvalue weighted by Crippen LogP contribution is -2.12. The van der Waals surface area contributed by atoms with Crippen LogP contribution >= 0.6 is 0 Å². The molecule has 2 aromatic carbocycles. The summed E-state index contributed by atoms with van der Waals surface area (Å²) in [5, 5.41) is 19.1. The van der Waals surface area contributed by atoms with E-state index in [0.29, 0.717) is 0 Å². The summed E-state index contributed by atoms with van der Waals surface area (Å²) >= 11 is 0. The van der Waals surface area contributed by atoms with Crippen LogP contribution in [0.5, 0.6) is 11.5 Å². The standard InChI is InChI=1S/C20H18O3/c21-18-8-1-4-14(12-18)10-16-6-3-7-17(20(16)23)11-15-5-2-9-19(22)13-15/h1-2,4-5,8-13,21-22H,3,6-7H2/b16-10+,17-11+. The minimum atomic E-state index is 0.0444. The number of phenolic OH excluding ortho intramolecular Hbond substituents is 2. The summed E-state index contributed by atoms with van der Waals surface area (Å²) in [7, 11) is 0. The van der Waals surface area contributed by atoms with Crippen molar-refractivity contribution in [1.82, 2.24) is 0 Å². The summed E-state index contributed by atoms with van der Waals surface area (Å²) in [4.78, 5) is 12.6. The van der Waals surface area contributed by atoms with E-state index >= 15 is 0 Å². The maximum absolute atomic E-state index is 12.6. The van der Waals surface area contributed by atoms with Crippen molar-refractivity contribution in [3.8, 4) is 11.5 Å². The third kappa shape index (κ3) is 3.69. The Bertz CT molecular complexity index is 735. The van der Waals surface area contributed by atoms with Crippen LogP contribution in [-0.4, -0.2) is 16.0 Å². The van der Waals surface area contributed by atoms with E-state index in [2.05, 4.69) is 0 Å². The van der Waals surface area contributed by atoms with Crippen LogP contribution < -0.4 is 0 Å². The first-order chi connectivity index (χ1) is 11.1. The molecule has 1 fully saturated rings. The molecule has 0 radical (unpaired) electrons. The normalized spacial score (nSPS) is 18.5. The highest BCUT2D eigenvalue weighted by Crippen LogP contribution is 2.29. The van der Waals surface area contributed by atoms with Crippen molar-refractivity contribution in [3.63, 3.8) is 0 Å². The highest BCUT2D eigenvalue weighted by molar-refractivity contribution is 6.13. The minimum absolute atomic E-state index is 0.0444. The molecule has 0 spiro atoms. The van der Waals surface area contributed by atoms with E-state index in [0.717, 1.165) is 41.5 Å². The number of Topliss-reactive ketones (excluding diaryl/α,β-unsaturated/α-hetero) is 1. The van der Waals surface area contributed by atoms with E-state index in [1.54, 1.807) is 36.4 Å². The zero-order valence-corrected chi connectivity index (χ0v) is 12.7. The van der Waals surface area contributed by atoms with Crippen LogP contribution in [0.2, 0.25) is 0 Å². The third-order valence-electron chi connectivity index (χ3n) is 3.90. The zero-order valence-electron chi connectivity index (χ0n) is 12.7. The summed E-state index contributed by atoms with van der Waals surface area (Å²) < 4.78 is 0. The van der Waals surface area contributed by atoms with E-state index < -0.39 is 0 Å². The Morgan fingerprint density at radius 2 is 1.26 bits per heavy atom. The molecule has 3 heteroatoms. The number of hydrogen-bond donors (Lipinski definition) is 2. The van der Waals surface area contributed by atoms with Crippen molar-refractivity contribution in [3.05, 3.63) is 70.8 Å². The SMILES string of the molecule is O=C1/C(=C/c2cccc(O)c2)CCC/C1=C\c1cccc(O)c1. The Morgan fingerprint density at radius 1 is 0.783 bits per heavy atom. The minimum Gasteiger partial charge on any atom is -0.508 e. The molecular weight excluding hydrogens is 288 g/mol. The second kappa shape index (κ2) is 6.53. The topological polar surface area (TPSA) is 57.5 Å². The van der Waals surface area contributed by atoms with Crippen LogP contribution in [0.4, 0.5) is 0 Å². The molecule has 0 aliphatic heterocycles. The second-order valence-electron chi connectivity index (χ2n) is 5.71. The molecule has 0 bridgehead atoms. The fourth-order valence-corrected chi connectivity index (χ4v) is 2.81. The maximum atomic E-state index is 12.6. The molecule has 0 unspecified atom stereocenters. The van der Waals surface area contributed by atoms with E-state index in [4.69, 9.17) is 0 Å². The number of ketones is 1. The average molecular weight is 306 g/mol. The molecule has 116 valence electrons. The van der Waals surface area contributed by atoms with E-state index in [-0.39, 0.29) is 17.3 Å². The number of phenols is 2. The molecule has 1 aliphatic carbocycles. The van der Waals surface area contributed by atoms with Crippen LogP contribution in [0, 0.1) is 0 Å². The molecule has 2 aromatic rings. The number of benzene rings is 2. The molecular formula is C20H18O3. The van der Waals surface area contributed by atoms with Gasteiger partial charge in [0.05, 0.1) is 0 Å². The first kappa shape index (κ1) is 15.1. The molecule has 0 aromatic heterocycles. The van der Waals surface area contributed by atoms with E-state index in [1.807, 2.05) is 24.3 Å². The molecule has 2 N–H and O–H groups in total. The van der Waals surface area contributed by atoms with Gasteiger partial charge < -0.3 is 10.2 Å². The van der Waals surface area contributed by atoms with Crippen molar-refractivity contribution >= 4 is 17.9 Å². The monoisotopic (exact) mass is 306 g/mol. The summed E-state index contributed by atoms with van der Waals surface area (Å²) in [6.45, 7) is 0. The Kier molecular flexibility index (Phi) is 4.29. The van der Waals surface area contributed by atoms with Gasteiger partial charge in [-0.3, -0.25) is 4.79 Å². The molecule has 23 heavy (non-hydrogen) atoms. The quantitative estimate of drug-likeness (QED) is 0.812. The van der Waals surface area contributed by atoms with Gasteiger partial charge in [0.15, 0.2) is 5.78 Å². The molecule has 0 saturated heterocycles. The molecule has 1 aliphatic rings. The fourth-order valence-electron chi connectivity index (χ4n) is 2.81. The maximum Gasteiger partial charge on any atom is 0.185 e. The predicted octanol–water partition coefficient (Wildman–Crippen LogP) is 4.32. The van der Waals surface area contributed by atoms with Gasteiger partial charge in [-0.25, -0.2) is 0 Å².